The highest BCUT2D eigenvalue weighted by atomic mass is 19.1. The number of carboxylic acids is 1. The van der Waals surface area contributed by atoms with Crippen molar-refractivity contribution in [3.8, 4) is 16.9 Å². The van der Waals surface area contributed by atoms with Crippen LogP contribution in [-0.4, -0.2) is 40.9 Å². The van der Waals surface area contributed by atoms with Crippen molar-refractivity contribution in [1.29, 1.82) is 5.41 Å². The van der Waals surface area contributed by atoms with E-state index in [9.17, 15) is 19.7 Å². The number of aliphatic carboxylic acids is 1. The number of aromatic nitrogens is 1. The van der Waals surface area contributed by atoms with Crippen molar-refractivity contribution in [2.24, 2.45) is 12.5 Å². The van der Waals surface area contributed by atoms with Gasteiger partial charge in [-0.25, -0.2) is 9.18 Å². The second-order valence-electron chi connectivity index (χ2n) is 13.0. The molecule has 3 aromatic rings. The van der Waals surface area contributed by atoms with Gasteiger partial charge in [0.2, 0.25) is 0 Å². The second kappa shape index (κ2) is 12.3. The predicted molar refractivity (Wildman–Crippen MR) is 163 cm³/mol. The Morgan fingerprint density at radius 1 is 1.07 bits per heavy atom. The zero-order chi connectivity index (χ0) is 30.8. The van der Waals surface area contributed by atoms with Crippen LogP contribution in [0.4, 0.5) is 10.1 Å². The molecule has 2 N–H and O–H groups in total. The summed E-state index contributed by atoms with van der Waals surface area (Å²) in [5.41, 5.74) is 4.33. The molecule has 0 aliphatic carbocycles. The van der Waals surface area contributed by atoms with Crippen LogP contribution in [0.5, 0.6) is 5.75 Å². The lowest BCUT2D eigenvalue weighted by Crippen LogP contribution is -2.41. The first-order valence-corrected chi connectivity index (χ1v) is 14.6. The first-order chi connectivity index (χ1) is 19.7. The lowest BCUT2D eigenvalue weighted by Gasteiger charge is -2.41. The van der Waals surface area contributed by atoms with Gasteiger partial charge in [0.05, 0.1) is 17.9 Å². The highest BCUT2D eigenvalue weighted by Crippen LogP contribution is 2.42. The number of piperidine rings is 1. The van der Waals surface area contributed by atoms with Gasteiger partial charge in [0.25, 0.3) is 0 Å². The molecule has 2 aromatic carbocycles. The lowest BCUT2D eigenvalue weighted by atomic mass is 9.82. The predicted octanol–water partition coefficient (Wildman–Crippen LogP) is 6.81. The molecular formula is C34H44FN3O4. The Bertz CT molecular complexity index is 1460. The number of halogens is 1. The van der Waals surface area contributed by atoms with Gasteiger partial charge in [-0.3, -0.25) is 5.41 Å². The fourth-order valence-corrected chi connectivity index (χ4v) is 5.43. The van der Waals surface area contributed by atoms with E-state index in [1.807, 2.05) is 52.0 Å². The number of carboxylic acid groups (broad SMARTS) is 1. The van der Waals surface area contributed by atoms with Gasteiger partial charge in [-0.1, -0.05) is 38.1 Å². The molecule has 1 saturated heterocycles. The van der Waals surface area contributed by atoms with E-state index in [-0.39, 0.29) is 11.2 Å². The second-order valence-corrected chi connectivity index (χ2v) is 13.0. The third kappa shape index (κ3) is 7.21. The number of nitrogens with zero attached hydrogens (tertiary/aromatic N) is 2. The van der Waals surface area contributed by atoms with E-state index in [2.05, 4.69) is 18.7 Å². The Morgan fingerprint density at radius 2 is 1.67 bits per heavy atom. The summed E-state index contributed by atoms with van der Waals surface area (Å²) in [5.74, 6) is -0.631. The van der Waals surface area contributed by atoms with E-state index in [1.54, 1.807) is 23.7 Å². The number of ether oxygens (including phenoxy) is 2. The standard InChI is InChI=1S/C34H44FN3O4/c1-22-27(30(32(39)40)42-33(2,3)4)29(38-19-17-34(5,6)18-20-38)28(31(36)37(22)7)24-10-14-26(15-11-24)41-21-16-23-8-12-25(35)13-9-23/h8-15,30,36H,16-21H2,1-7H3,(H,39,40)/t30-/m0/s1. The maximum atomic E-state index is 13.2. The van der Waals surface area contributed by atoms with Crippen LogP contribution < -0.4 is 15.1 Å². The molecule has 0 radical (unpaired) electrons. The van der Waals surface area contributed by atoms with Gasteiger partial charge < -0.3 is 24.0 Å². The average molecular weight is 578 g/mol. The summed E-state index contributed by atoms with van der Waals surface area (Å²) >= 11 is 0. The number of carbonyl (C=O) groups is 1. The number of rotatable bonds is 9. The summed E-state index contributed by atoms with van der Waals surface area (Å²) in [5, 5.41) is 19.6. The van der Waals surface area contributed by atoms with Gasteiger partial charge in [0.15, 0.2) is 6.10 Å². The zero-order valence-electron chi connectivity index (χ0n) is 25.9. The molecule has 4 rings (SSSR count). The average Bonchev–Trinajstić information content (AvgIpc) is 2.92. The highest BCUT2D eigenvalue weighted by molar-refractivity contribution is 5.86. The summed E-state index contributed by atoms with van der Waals surface area (Å²) in [4.78, 5) is 15.0. The Hall–Kier alpha value is -3.65. The van der Waals surface area contributed by atoms with E-state index in [0.29, 0.717) is 41.1 Å². The van der Waals surface area contributed by atoms with Crippen LogP contribution in [0.1, 0.15) is 70.4 Å². The Morgan fingerprint density at radius 3 is 2.21 bits per heavy atom. The minimum absolute atomic E-state index is 0.191. The minimum Gasteiger partial charge on any atom is -0.493 e. The summed E-state index contributed by atoms with van der Waals surface area (Å²) in [6.45, 7) is 13.9. The lowest BCUT2D eigenvalue weighted by molar-refractivity contribution is -0.160. The third-order valence-corrected chi connectivity index (χ3v) is 8.06. The number of hydrogen-bond acceptors (Lipinski definition) is 5. The molecule has 1 aromatic heterocycles. The maximum absolute atomic E-state index is 13.2. The van der Waals surface area contributed by atoms with E-state index >= 15 is 0 Å². The highest BCUT2D eigenvalue weighted by Gasteiger charge is 2.36. The van der Waals surface area contributed by atoms with E-state index in [1.165, 1.54) is 12.1 Å². The molecule has 1 aliphatic heterocycles. The van der Waals surface area contributed by atoms with Crippen molar-refractivity contribution in [3.63, 3.8) is 0 Å². The topological polar surface area (TPSA) is 87.8 Å². The van der Waals surface area contributed by atoms with E-state index in [0.717, 1.165) is 42.7 Å². The number of nitrogens with one attached hydrogen (secondary N) is 1. The summed E-state index contributed by atoms with van der Waals surface area (Å²) < 4.78 is 27.1. The van der Waals surface area contributed by atoms with Crippen molar-refractivity contribution < 1.29 is 23.8 Å². The molecule has 1 aliphatic rings. The van der Waals surface area contributed by atoms with Crippen LogP contribution in [0.25, 0.3) is 11.1 Å². The molecule has 8 heteroatoms. The molecule has 0 spiro atoms. The van der Waals surface area contributed by atoms with Crippen LogP contribution in [-0.2, 0) is 23.0 Å². The molecule has 0 saturated carbocycles. The van der Waals surface area contributed by atoms with Gasteiger partial charge in [0.1, 0.15) is 17.1 Å². The molecule has 0 unspecified atom stereocenters. The molecule has 226 valence electrons. The van der Waals surface area contributed by atoms with Gasteiger partial charge in [-0.15, -0.1) is 0 Å². The first-order valence-electron chi connectivity index (χ1n) is 14.6. The molecule has 42 heavy (non-hydrogen) atoms. The SMILES string of the molecule is Cc1c([C@H](OC(C)(C)C)C(=O)O)c(N2CCC(C)(C)CC2)c(-c2ccc(OCCc3ccc(F)cc3)cc2)c(=N)n1C. The van der Waals surface area contributed by atoms with Gasteiger partial charge >= 0.3 is 5.97 Å². The van der Waals surface area contributed by atoms with Crippen molar-refractivity contribution in [3.05, 3.63) is 76.7 Å². The fourth-order valence-electron chi connectivity index (χ4n) is 5.43. The largest absolute Gasteiger partial charge is 0.493 e. The number of anilines is 1. The quantitative estimate of drug-likeness (QED) is 0.292. The Balaban J connectivity index is 1.77. The van der Waals surface area contributed by atoms with Gasteiger partial charge in [-0.05, 0) is 81.3 Å². The Labute approximate surface area is 248 Å². The van der Waals surface area contributed by atoms with E-state index in [4.69, 9.17) is 9.47 Å². The molecule has 1 atom stereocenters. The van der Waals surface area contributed by atoms with Crippen LogP contribution in [0.15, 0.2) is 48.5 Å². The normalized spacial score (nSPS) is 15.9. The van der Waals surface area contributed by atoms with Crippen molar-refractivity contribution in [2.75, 3.05) is 24.6 Å². The third-order valence-electron chi connectivity index (χ3n) is 8.06. The van der Waals surface area contributed by atoms with Crippen molar-refractivity contribution in [1.82, 2.24) is 4.57 Å². The summed E-state index contributed by atoms with van der Waals surface area (Å²) in [7, 11) is 1.80. The molecule has 1 fully saturated rings. The molecule has 0 bridgehead atoms. The molecule has 7 nitrogen and oxygen atoms in total. The van der Waals surface area contributed by atoms with E-state index < -0.39 is 17.7 Å². The van der Waals surface area contributed by atoms with Crippen LogP contribution >= 0.6 is 0 Å². The maximum Gasteiger partial charge on any atom is 0.337 e. The molecular weight excluding hydrogens is 533 g/mol. The van der Waals surface area contributed by atoms with Crippen molar-refractivity contribution >= 4 is 11.7 Å². The molecule has 2 heterocycles. The summed E-state index contributed by atoms with van der Waals surface area (Å²) in [6.07, 6.45) is 1.36. The summed E-state index contributed by atoms with van der Waals surface area (Å²) in [6, 6.07) is 14.0. The minimum atomic E-state index is -1.20. The van der Waals surface area contributed by atoms with Crippen LogP contribution in [0.2, 0.25) is 0 Å². The fraction of sp³-hybridized carbons (Fsp3) is 0.471. The zero-order valence-corrected chi connectivity index (χ0v) is 25.9. The number of pyridine rings is 1. The van der Waals surface area contributed by atoms with Crippen LogP contribution in [0, 0.1) is 23.6 Å². The van der Waals surface area contributed by atoms with Crippen molar-refractivity contribution in [2.45, 2.75) is 72.5 Å². The Kier molecular flexibility index (Phi) is 9.16. The number of benzene rings is 2. The van der Waals surface area contributed by atoms with Gasteiger partial charge in [-0.2, -0.15) is 0 Å². The molecule has 0 amide bonds. The number of hydrogen-bond donors (Lipinski definition) is 2. The van der Waals surface area contributed by atoms with Gasteiger partial charge in [0, 0.05) is 43.4 Å². The smallest absolute Gasteiger partial charge is 0.337 e. The first kappa shape index (κ1) is 31.3. The monoisotopic (exact) mass is 577 g/mol. The van der Waals surface area contributed by atoms with Crippen LogP contribution in [0.3, 0.4) is 0 Å².